The topological polar surface area (TPSA) is 95.5 Å². The Morgan fingerprint density at radius 2 is 1.78 bits per heavy atom. The Balaban J connectivity index is 1.70. The number of benzene rings is 1. The van der Waals surface area contributed by atoms with Gasteiger partial charge in [0.2, 0.25) is 10.0 Å². The summed E-state index contributed by atoms with van der Waals surface area (Å²) in [7, 11) is -2.05. The van der Waals surface area contributed by atoms with Gasteiger partial charge in [-0.05, 0) is 30.7 Å². The van der Waals surface area contributed by atoms with Crippen LogP contribution in [0.15, 0.2) is 41.6 Å². The molecule has 1 N–H and O–H groups in total. The van der Waals surface area contributed by atoms with Gasteiger partial charge in [-0.1, -0.05) is 6.92 Å². The van der Waals surface area contributed by atoms with Crippen LogP contribution < -0.4 is 10.2 Å². The molecule has 1 saturated heterocycles. The van der Waals surface area contributed by atoms with Crippen LogP contribution in [0, 0.1) is 0 Å². The van der Waals surface area contributed by atoms with Crippen LogP contribution in [0.3, 0.4) is 0 Å². The van der Waals surface area contributed by atoms with Crippen molar-refractivity contribution in [2.45, 2.75) is 18.2 Å². The summed E-state index contributed by atoms with van der Waals surface area (Å²) in [5.41, 5.74) is 1.39. The lowest BCUT2D eigenvalue weighted by molar-refractivity contribution is 0.0963. The number of carbonyl (C=O) groups excluding carboxylic acids is 1. The average Bonchev–Trinajstić information content (AvgIpc) is 2.73. The molecular weight excluding hydrogens is 366 g/mol. The van der Waals surface area contributed by atoms with Gasteiger partial charge >= 0.3 is 0 Å². The molecule has 1 aliphatic rings. The number of nitrogens with one attached hydrogen (secondary N) is 1. The molecule has 0 saturated carbocycles. The SMILES string of the molecule is CCc1cc(N2CCN(S(=O)(=O)c3ccc(C(=O)NC)cc3)CC2)ncn1. The normalized spacial score (nSPS) is 15.6. The van der Waals surface area contributed by atoms with Gasteiger partial charge in [0.05, 0.1) is 4.90 Å². The first kappa shape index (κ1) is 19.2. The van der Waals surface area contributed by atoms with E-state index in [1.54, 1.807) is 6.33 Å². The molecule has 1 aromatic carbocycles. The number of nitrogens with zero attached hydrogens (tertiary/aromatic N) is 4. The molecule has 2 aromatic rings. The molecule has 1 fully saturated rings. The van der Waals surface area contributed by atoms with E-state index in [-0.39, 0.29) is 10.8 Å². The van der Waals surface area contributed by atoms with Crippen molar-refractivity contribution in [2.75, 3.05) is 38.1 Å². The van der Waals surface area contributed by atoms with Crippen LogP contribution >= 0.6 is 0 Å². The summed E-state index contributed by atoms with van der Waals surface area (Å²) in [6.45, 7) is 3.92. The Labute approximate surface area is 159 Å². The molecular formula is C18H23N5O3S. The fourth-order valence-electron chi connectivity index (χ4n) is 2.98. The van der Waals surface area contributed by atoms with Gasteiger partial charge < -0.3 is 10.2 Å². The zero-order valence-corrected chi connectivity index (χ0v) is 16.2. The zero-order valence-electron chi connectivity index (χ0n) is 15.4. The van der Waals surface area contributed by atoms with Gasteiger partial charge in [0.1, 0.15) is 12.1 Å². The lowest BCUT2D eigenvalue weighted by Gasteiger charge is -2.34. The van der Waals surface area contributed by atoms with Crippen LogP contribution in [-0.2, 0) is 16.4 Å². The molecule has 2 heterocycles. The van der Waals surface area contributed by atoms with E-state index in [9.17, 15) is 13.2 Å². The third kappa shape index (κ3) is 4.09. The van der Waals surface area contributed by atoms with Crippen LogP contribution in [0.4, 0.5) is 5.82 Å². The molecule has 1 aromatic heterocycles. The Hall–Kier alpha value is -2.52. The van der Waals surface area contributed by atoms with Crippen LogP contribution in [-0.4, -0.2) is 61.8 Å². The van der Waals surface area contributed by atoms with E-state index in [0.717, 1.165) is 17.9 Å². The molecule has 144 valence electrons. The van der Waals surface area contributed by atoms with E-state index in [0.29, 0.717) is 31.7 Å². The summed E-state index contributed by atoms with van der Waals surface area (Å²) in [4.78, 5) is 22.4. The number of aromatic nitrogens is 2. The summed E-state index contributed by atoms with van der Waals surface area (Å²) in [6.07, 6.45) is 2.38. The predicted molar refractivity (Wildman–Crippen MR) is 102 cm³/mol. The molecule has 0 bridgehead atoms. The number of aryl methyl sites for hydroxylation is 1. The standard InChI is InChI=1S/C18H23N5O3S/c1-3-15-12-17(21-13-20-15)22-8-10-23(11-9-22)27(25,26)16-6-4-14(5-7-16)18(24)19-2/h4-7,12-13H,3,8-11H2,1-2H3,(H,19,24). The predicted octanol–water partition coefficient (Wildman–Crippen LogP) is 0.909. The molecule has 27 heavy (non-hydrogen) atoms. The van der Waals surface area contributed by atoms with Crippen molar-refractivity contribution < 1.29 is 13.2 Å². The first-order valence-electron chi connectivity index (χ1n) is 8.84. The maximum atomic E-state index is 12.9. The van der Waals surface area contributed by atoms with Crippen molar-refractivity contribution >= 4 is 21.7 Å². The quantitative estimate of drug-likeness (QED) is 0.817. The fourth-order valence-corrected chi connectivity index (χ4v) is 4.40. The third-order valence-electron chi connectivity index (χ3n) is 4.62. The van der Waals surface area contributed by atoms with Crippen molar-refractivity contribution in [1.29, 1.82) is 0 Å². The summed E-state index contributed by atoms with van der Waals surface area (Å²) in [6, 6.07) is 7.94. The molecule has 3 rings (SSSR count). The van der Waals surface area contributed by atoms with Gasteiger partial charge in [-0.15, -0.1) is 0 Å². The Morgan fingerprint density at radius 1 is 1.11 bits per heavy atom. The number of anilines is 1. The molecule has 0 spiro atoms. The maximum absolute atomic E-state index is 12.9. The van der Waals surface area contributed by atoms with Crippen molar-refractivity contribution in [3.05, 3.63) is 47.9 Å². The van der Waals surface area contributed by atoms with Crippen molar-refractivity contribution in [2.24, 2.45) is 0 Å². The highest BCUT2D eigenvalue weighted by Gasteiger charge is 2.29. The minimum Gasteiger partial charge on any atom is -0.355 e. The molecule has 0 radical (unpaired) electrons. The lowest BCUT2D eigenvalue weighted by Crippen LogP contribution is -2.49. The van der Waals surface area contributed by atoms with Gasteiger partial charge in [-0.3, -0.25) is 4.79 Å². The van der Waals surface area contributed by atoms with Crippen molar-refractivity contribution in [3.8, 4) is 0 Å². The maximum Gasteiger partial charge on any atom is 0.251 e. The van der Waals surface area contributed by atoms with Crippen molar-refractivity contribution in [1.82, 2.24) is 19.6 Å². The first-order valence-corrected chi connectivity index (χ1v) is 10.3. The van der Waals surface area contributed by atoms with Gasteiger partial charge in [-0.2, -0.15) is 4.31 Å². The van der Waals surface area contributed by atoms with Gasteiger partial charge in [-0.25, -0.2) is 18.4 Å². The van der Waals surface area contributed by atoms with Crippen LogP contribution in [0.2, 0.25) is 0 Å². The summed E-state index contributed by atoms with van der Waals surface area (Å²) < 4.78 is 27.2. The van der Waals surface area contributed by atoms with Crippen LogP contribution in [0.1, 0.15) is 23.0 Å². The minimum absolute atomic E-state index is 0.193. The second-order valence-electron chi connectivity index (χ2n) is 6.22. The smallest absolute Gasteiger partial charge is 0.251 e. The molecule has 1 amide bonds. The summed E-state index contributed by atoms with van der Waals surface area (Å²) in [5, 5.41) is 2.52. The highest BCUT2D eigenvalue weighted by molar-refractivity contribution is 7.89. The highest BCUT2D eigenvalue weighted by atomic mass is 32.2. The van der Waals surface area contributed by atoms with Gasteiger partial charge in [0.25, 0.3) is 5.91 Å². The Bertz CT molecular complexity index is 907. The number of piperazine rings is 1. The third-order valence-corrected chi connectivity index (χ3v) is 6.53. The molecule has 0 unspecified atom stereocenters. The van der Waals surface area contributed by atoms with E-state index in [4.69, 9.17) is 0 Å². The van der Waals surface area contributed by atoms with E-state index < -0.39 is 10.0 Å². The molecule has 8 nitrogen and oxygen atoms in total. The van der Waals surface area contributed by atoms with Gasteiger partial charge in [0, 0.05) is 50.6 Å². The Morgan fingerprint density at radius 3 is 2.37 bits per heavy atom. The van der Waals surface area contributed by atoms with Crippen LogP contribution in [0.25, 0.3) is 0 Å². The summed E-state index contributed by atoms with van der Waals surface area (Å²) in [5.74, 6) is 0.581. The average molecular weight is 389 g/mol. The van der Waals surface area contributed by atoms with Crippen molar-refractivity contribution in [3.63, 3.8) is 0 Å². The van der Waals surface area contributed by atoms with Crippen LogP contribution in [0.5, 0.6) is 0 Å². The number of sulfonamides is 1. The number of rotatable bonds is 5. The molecule has 9 heteroatoms. The molecule has 1 aliphatic heterocycles. The Kier molecular flexibility index (Phi) is 5.71. The largest absolute Gasteiger partial charge is 0.355 e. The monoisotopic (exact) mass is 389 g/mol. The van der Waals surface area contributed by atoms with E-state index in [2.05, 4.69) is 20.2 Å². The van der Waals surface area contributed by atoms with E-state index >= 15 is 0 Å². The second kappa shape index (κ2) is 8.01. The lowest BCUT2D eigenvalue weighted by atomic mass is 10.2. The number of hydrogen-bond acceptors (Lipinski definition) is 6. The fraction of sp³-hybridized carbons (Fsp3) is 0.389. The zero-order chi connectivity index (χ0) is 19.4. The highest BCUT2D eigenvalue weighted by Crippen LogP contribution is 2.20. The minimum atomic E-state index is -3.59. The second-order valence-corrected chi connectivity index (χ2v) is 8.15. The first-order chi connectivity index (χ1) is 13.0. The molecule has 0 atom stereocenters. The van der Waals surface area contributed by atoms with E-state index in [1.807, 2.05) is 13.0 Å². The number of carbonyl (C=O) groups is 1. The number of hydrogen-bond donors (Lipinski definition) is 1. The van der Waals surface area contributed by atoms with Gasteiger partial charge in [0.15, 0.2) is 0 Å². The summed E-state index contributed by atoms with van der Waals surface area (Å²) >= 11 is 0. The molecule has 0 aliphatic carbocycles. The van der Waals surface area contributed by atoms with E-state index in [1.165, 1.54) is 35.6 Å². The number of amides is 1.